The third-order valence-electron chi connectivity index (χ3n) is 3.67. The second-order valence-corrected chi connectivity index (χ2v) is 4.79. The van der Waals surface area contributed by atoms with Crippen molar-refractivity contribution in [2.45, 2.75) is 19.1 Å². The summed E-state index contributed by atoms with van der Waals surface area (Å²) in [6.07, 6.45) is 6.94. The Bertz CT molecular complexity index is 654. The quantitative estimate of drug-likeness (QED) is 0.845. The van der Waals surface area contributed by atoms with Crippen LogP contribution in [0.5, 0.6) is 0 Å². The summed E-state index contributed by atoms with van der Waals surface area (Å²) in [5.74, 6) is 0. The predicted molar refractivity (Wildman–Crippen MR) is 76.1 cm³/mol. The maximum Gasteiger partial charge on any atom is 0.148 e. The molecule has 19 heavy (non-hydrogen) atoms. The monoisotopic (exact) mass is 250 g/mol. The summed E-state index contributed by atoms with van der Waals surface area (Å²) in [7, 11) is 0. The number of hydrogen-bond donors (Lipinski definition) is 1. The van der Waals surface area contributed by atoms with Gasteiger partial charge in [-0.1, -0.05) is 24.3 Å². The molecule has 0 saturated carbocycles. The fraction of sp³-hybridized carbons (Fsp3) is 0.200. The standard InChI is InChI=1S/C15H14N4/c1-2-5-11(6-3-1)19-9-13-14(18-10-17-13)12-7-4-8-16-15(12)19/h1-3,5-8,10,15H,4,9H2,(H,17,18). The number of aliphatic imine (C=N–C) groups is 1. The molecular formula is C15H14N4. The molecule has 0 saturated heterocycles. The topological polar surface area (TPSA) is 44.3 Å². The highest BCUT2D eigenvalue weighted by molar-refractivity contribution is 5.81. The first-order valence-electron chi connectivity index (χ1n) is 6.49. The molecule has 94 valence electrons. The first kappa shape index (κ1) is 10.6. The Balaban J connectivity index is 1.84. The van der Waals surface area contributed by atoms with Crippen molar-refractivity contribution >= 4 is 17.5 Å². The van der Waals surface area contributed by atoms with Gasteiger partial charge >= 0.3 is 0 Å². The highest BCUT2D eigenvalue weighted by Gasteiger charge is 2.32. The molecule has 1 unspecified atom stereocenters. The molecule has 1 N–H and O–H groups in total. The second-order valence-electron chi connectivity index (χ2n) is 4.79. The largest absolute Gasteiger partial charge is 0.346 e. The Labute approximate surface area is 111 Å². The summed E-state index contributed by atoms with van der Waals surface area (Å²) >= 11 is 0. The van der Waals surface area contributed by atoms with Crippen molar-refractivity contribution in [2.75, 3.05) is 4.90 Å². The van der Waals surface area contributed by atoms with Crippen LogP contribution in [0.2, 0.25) is 0 Å². The van der Waals surface area contributed by atoms with E-state index >= 15 is 0 Å². The van der Waals surface area contributed by atoms with Crippen molar-refractivity contribution in [3.8, 4) is 0 Å². The van der Waals surface area contributed by atoms with Crippen molar-refractivity contribution in [3.05, 3.63) is 54.1 Å². The van der Waals surface area contributed by atoms with Gasteiger partial charge in [0.2, 0.25) is 0 Å². The van der Waals surface area contributed by atoms with E-state index in [9.17, 15) is 0 Å². The summed E-state index contributed by atoms with van der Waals surface area (Å²) in [5, 5.41) is 0. The van der Waals surface area contributed by atoms with Gasteiger partial charge in [0.1, 0.15) is 6.17 Å². The average Bonchev–Trinajstić information content (AvgIpc) is 2.96. The Morgan fingerprint density at radius 3 is 3.00 bits per heavy atom. The highest BCUT2D eigenvalue weighted by Crippen LogP contribution is 2.35. The molecule has 4 nitrogen and oxygen atoms in total. The fourth-order valence-electron chi connectivity index (χ4n) is 2.79. The molecule has 0 fully saturated rings. The van der Waals surface area contributed by atoms with Gasteiger partial charge in [0.05, 0.1) is 24.3 Å². The van der Waals surface area contributed by atoms with E-state index in [0.29, 0.717) is 0 Å². The number of H-pyrrole nitrogens is 1. The van der Waals surface area contributed by atoms with Gasteiger partial charge in [0.25, 0.3) is 0 Å². The lowest BCUT2D eigenvalue weighted by atomic mass is 9.98. The molecule has 2 aliphatic heterocycles. The van der Waals surface area contributed by atoms with Crippen LogP contribution in [0, 0.1) is 0 Å². The van der Waals surface area contributed by atoms with Crippen LogP contribution < -0.4 is 4.90 Å². The molecule has 2 aliphatic rings. The van der Waals surface area contributed by atoms with E-state index < -0.39 is 0 Å². The zero-order valence-corrected chi connectivity index (χ0v) is 10.5. The number of aromatic nitrogens is 2. The number of dihydropyridines is 1. The number of anilines is 1. The van der Waals surface area contributed by atoms with Gasteiger partial charge in [0.15, 0.2) is 0 Å². The van der Waals surface area contributed by atoms with Crippen LogP contribution in [0.15, 0.2) is 47.7 Å². The summed E-state index contributed by atoms with van der Waals surface area (Å²) in [4.78, 5) is 14.7. The lowest BCUT2D eigenvalue weighted by Gasteiger charge is -2.37. The fourth-order valence-corrected chi connectivity index (χ4v) is 2.79. The summed E-state index contributed by atoms with van der Waals surface area (Å²) in [6.45, 7) is 0.818. The average molecular weight is 250 g/mol. The highest BCUT2D eigenvalue weighted by atomic mass is 15.3. The van der Waals surface area contributed by atoms with Crippen LogP contribution in [0.1, 0.15) is 17.8 Å². The van der Waals surface area contributed by atoms with Crippen LogP contribution in [-0.2, 0) is 6.54 Å². The van der Waals surface area contributed by atoms with E-state index in [-0.39, 0.29) is 6.17 Å². The van der Waals surface area contributed by atoms with Crippen LogP contribution >= 0.6 is 0 Å². The molecule has 0 amide bonds. The van der Waals surface area contributed by atoms with Gasteiger partial charge in [-0.3, -0.25) is 4.99 Å². The SMILES string of the molecule is C1=NC2C(=CC1)c1nc[nH]c1CN2c1ccccc1. The number of aromatic amines is 1. The van der Waals surface area contributed by atoms with E-state index in [1.807, 2.05) is 12.3 Å². The molecule has 3 heterocycles. The number of nitrogens with zero attached hydrogens (tertiary/aromatic N) is 3. The minimum absolute atomic E-state index is 0.0620. The van der Waals surface area contributed by atoms with E-state index in [0.717, 1.165) is 18.7 Å². The normalized spacial score (nSPS) is 20.7. The van der Waals surface area contributed by atoms with Gasteiger partial charge in [-0.05, 0) is 12.1 Å². The minimum atomic E-state index is 0.0620. The summed E-state index contributed by atoms with van der Waals surface area (Å²) in [5.41, 5.74) is 4.66. The Hall–Kier alpha value is -2.36. The first-order valence-corrected chi connectivity index (χ1v) is 6.49. The van der Waals surface area contributed by atoms with Crippen LogP contribution in [-0.4, -0.2) is 22.3 Å². The Morgan fingerprint density at radius 1 is 1.21 bits per heavy atom. The third kappa shape index (κ3) is 1.60. The van der Waals surface area contributed by atoms with Crippen molar-refractivity contribution in [3.63, 3.8) is 0 Å². The van der Waals surface area contributed by atoms with Crippen molar-refractivity contribution in [1.29, 1.82) is 0 Å². The van der Waals surface area contributed by atoms with Crippen molar-refractivity contribution in [2.24, 2.45) is 4.99 Å². The molecule has 0 aliphatic carbocycles. The molecule has 1 aromatic heterocycles. The summed E-state index contributed by atoms with van der Waals surface area (Å²) < 4.78 is 0. The van der Waals surface area contributed by atoms with Gasteiger partial charge < -0.3 is 9.88 Å². The Kier molecular flexibility index (Phi) is 2.27. The molecule has 1 aromatic carbocycles. The maximum absolute atomic E-state index is 4.67. The minimum Gasteiger partial charge on any atom is -0.346 e. The molecule has 1 atom stereocenters. The zero-order valence-electron chi connectivity index (χ0n) is 10.5. The summed E-state index contributed by atoms with van der Waals surface area (Å²) in [6, 6.07) is 10.4. The smallest absolute Gasteiger partial charge is 0.148 e. The van der Waals surface area contributed by atoms with E-state index in [2.05, 4.69) is 50.2 Å². The van der Waals surface area contributed by atoms with Gasteiger partial charge in [-0.2, -0.15) is 0 Å². The number of benzene rings is 1. The molecule has 2 aromatic rings. The van der Waals surface area contributed by atoms with E-state index in [1.54, 1.807) is 6.33 Å². The third-order valence-corrected chi connectivity index (χ3v) is 3.67. The van der Waals surface area contributed by atoms with E-state index in [1.165, 1.54) is 17.0 Å². The lowest BCUT2D eigenvalue weighted by Crippen LogP contribution is -2.39. The molecule has 4 heteroatoms. The number of hydrogen-bond acceptors (Lipinski definition) is 3. The van der Waals surface area contributed by atoms with Crippen molar-refractivity contribution in [1.82, 2.24) is 9.97 Å². The van der Waals surface area contributed by atoms with Crippen LogP contribution in [0.25, 0.3) is 5.57 Å². The molecule has 0 radical (unpaired) electrons. The van der Waals surface area contributed by atoms with Gasteiger partial charge in [0, 0.05) is 23.9 Å². The molecule has 4 rings (SSSR count). The molecule has 0 bridgehead atoms. The molecule has 0 spiro atoms. The number of rotatable bonds is 1. The number of para-hydroxylation sites is 1. The molecular weight excluding hydrogens is 236 g/mol. The number of allylic oxidation sites excluding steroid dienone is 1. The Morgan fingerprint density at radius 2 is 2.11 bits per heavy atom. The predicted octanol–water partition coefficient (Wildman–Crippen LogP) is 2.61. The number of fused-ring (bicyclic) bond motifs is 3. The van der Waals surface area contributed by atoms with Gasteiger partial charge in [-0.15, -0.1) is 0 Å². The number of imidazole rings is 1. The van der Waals surface area contributed by atoms with Crippen LogP contribution in [0.4, 0.5) is 5.69 Å². The van der Waals surface area contributed by atoms with Crippen molar-refractivity contribution < 1.29 is 0 Å². The second kappa shape index (κ2) is 4.09. The van der Waals surface area contributed by atoms with Crippen LogP contribution in [0.3, 0.4) is 0 Å². The zero-order chi connectivity index (χ0) is 12.7. The van der Waals surface area contributed by atoms with E-state index in [4.69, 9.17) is 0 Å². The number of nitrogens with one attached hydrogen (secondary N) is 1. The first-order chi connectivity index (χ1) is 9.43. The lowest BCUT2D eigenvalue weighted by molar-refractivity contribution is 0.685. The van der Waals surface area contributed by atoms with Gasteiger partial charge in [-0.25, -0.2) is 4.98 Å². The maximum atomic E-state index is 4.67.